The van der Waals surface area contributed by atoms with E-state index in [9.17, 15) is 4.79 Å². The molecule has 1 amide bonds. The van der Waals surface area contributed by atoms with Gasteiger partial charge in [-0.3, -0.25) is 4.79 Å². The molecule has 0 saturated carbocycles. The fraction of sp³-hybridized carbons (Fsp3) is 0.250. The molecule has 0 saturated heterocycles. The lowest BCUT2D eigenvalue weighted by atomic mass is 10.1. The largest absolute Gasteiger partial charge is 0.345 e. The number of alkyl halides is 1. The predicted molar refractivity (Wildman–Crippen MR) is 68.2 cm³/mol. The zero-order chi connectivity index (χ0) is 13.0. The molecule has 6 heteroatoms. The van der Waals surface area contributed by atoms with E-state index in [2.05, 4.69) is 15.5 Å². The maximum atomic E-state index is 11.8. The Balaban J connectivity index is 1.97. The third-order valence-corrected chi connectivity index (χ3v) is 2.89. The highest BCUT2D eigenvalue weighted by Crippen LogP contribution is 2.07. The molecule has 1 aromatic carbocycles. The highest BCUT2D eigenvalue weighted by atomic mass is 35.5. The molecule has 0 aliphatic heterocycles. The van der Waals surface area contributed by atoms with E-state index in [0.717, 1.165) is 5.56 Å². The monoisotopic (exact) mass is 264 g/mol. The van der Waals surface area contributed by atoms with Crippen LogP contribution >= 0.6 is 11.6 Å². The molecule has 0 unspecified atom stereocenters. The van der Waals surface area contributed by atoms with Crippen molar-refractivity contribution in [2.75, 3.05) is 0 Å². The van der Waals surface area contributed by atoms with Gasteiger partial charge in [-0.1, -0.05) is 12.1 Å². The number of aromatic nitrogens is 3. The van der Waals surface area contributed by atoms with Crippen molar-refractivity contribution in [1.29, 1.82) is 0 Å². The van der Waals surface area contributed by atoms with Crippen LogP contribution in [0.5, 0.6) is 0 Å². The molecule has 94 valence electrons. The van der Waals surface area contributed by atoms with Crippen LogP contribution in [0.2, 0.25) is 0 Å². The zero-order valence-electron chi connectivity index (χ0n) is 9.93. The van der Waals surface area contributed by atoms with Gasteiger partial charge in [-0.05, 0) is 17.7 Å². The average Bonchev–Trinajstić information content (AvgIpc) is 2.81. The molecule has 18 heavy (non-hydrogen) atoms. The lowest BCUT2D eigenvalue weighted by Crippen LogP contribution is -2.24. The molecular formula is C12H13ClN4O. The first-order valence-corrected chi connectivity index (χ1v) is 6.00. The smallest absolute Gasteiger partial charge is 0.251 e. The summed E-state index contributed by atoms with van der Waals surface area (Å²) in [5, 5.41) is 10.4. The number of rotatable bonds is 4. The Morgan fingerprint density at radius 1 is 1.39 bits per heavy atom. The maximum absolute atomic E-state index is 11.8. The molecule has 1 N–H and O–H groups in total. The molecule has 2 aromatic rings. The fourth-order valence-electron chi connectivity index (χ4n) is 1.47. The van der Waals surface area contributed by atoms with Gasteiger partial charge in [0.15, 0.2) is 5.82 Å². The van der Waals surface area contributed by atoms with Crippen molar-refractivity contribution >= 4 is 17.5 Å². The number of aryl methyl sites for hydroxylation is 1. The number of carbonyl (C=O) groups is 1. The Labute approximate surface area is 110 Å². The molecule has 0 aliphatic rings. The molecule has 0 radical (unpaired) electrons. The quantitative estimate of drug-likeness (QED) is 0.851. The highest BCUT2D eigenvalue weighted by molar-refractivity contribution is 6.17. The number of hydrogen-bond donors (Lipinski definition) is 1. The van der Waals surface area contributed by atoms with E-state index in [-0.39, 0.29) is 5.91 Å². The molecule has 2 rings (SSSR count). The van der Waals surface area contributed by atoms with Crippen molar-refractivity contribution in [2.45, 2.75) is 12.4 Å². The van der Waals surface area contributed by atoms with Crippen LogP contribution in [0.15, 0.2) is 30.6 Å². The first-order chi connectivity index (χ1) is 8.70. The Hall–Kier alpha value is -1.88. The van der Waals surface area contributed by atoms with Crippen molar-refractivity contribution < 1.29 is 4.79 Å². The SMILES string of the molecule is Cn1cnnc1CNC(=O)c1ccc(CCl)cc1. The van der Waals surface area contributed by atoms with E-state index >= 15 is 0 Å². The second kappa shape index (κ2) is 5.64. The van der Waals surface area contributed by atoms with Gasteiger partial charge in [0.05, 0.1) is 6.54 Å². The summed E-state index contributed by atoms with van der Waals surface area (Å²) in [6, 6.07) is 7.18. The molecule has 0 fully saturated rings. The number of carbonyl (C=O) groups excluding carboxylic acids is 1. The Morgan fingerprint density at radius 3 is 2.67 bits per heavy atom. The minimum Gasteiger partial charge on any atom is -0.345 e. The minimum atomic E-state index is -0.140. The number of hydrogen-bond acceptors (Lipinski definition) is 3. The van der Waals surface area contributed by atoms with E-state index in [4.69, 9.17) is 11.6 Å². The van der Waals surface area contributed by atoms with E-state index in [1.807, 2.05) is 19.2 Å². The number of nitrogens with one attached hydrogen (secondary N) is 1. The summed E-state index contributed by atoms with van der Waals surface area (Å²) < 4.78 is 1.76. The molecule has 0 aliphatic carbocycles. The van der Waals surface area contributed by atoms with Crippen molar-refractivity contribution in [3.05, 3.63) is 47.5 Å². The first kappa shape index (κ1) is 12.6. The van der Waals surface area contributed by atoms with Crippen LogP contribution in [0.25, 0.3) is 0 Å². The van der Waals surface area contributed by atoms with Gasteiger partial charge in [0.1, 0.15) is 6.33 Å². The zero-order valence-corrected chi connectivity index (χ0v) is 10.7. The standard InChI is InChI=1S/C12H13ClN4O/c1-17-8-15-16-11(17)7-14-12(18)10-4-2-9(6-13)3-5-10/h2-5,8H,6-7H2,1H3,(H,14,18). The second-order valence-corrected chi connectivity index (χ2v) is 4.14. The van der Waals surface area contributed by atoms with Gasteiger partial charge >= 0.3 is 0 Å². The fourth-order valence-corrected chi connectivity index (χ4v) is 1.65. The number of benzene rings is 1. The Bertz CT molecular complexity index is 535. The van der Waals surface area contributed by atoms with Crippen molar-refractivity contribution in [3.63, 3.8) is 0 Å². The Morgan fingerprint density at radius 2 is 2.11 bits per heavy atom. The van der Waals surface area contributed by atoms with Crippen LogP contribution < -0.4 is 5.32 Å². The molecular weight excluding hydrogens is 252 g/mol. The van der Waals surface area contributed by atoms with Crippen LogP contribution in [-0.4, -0.2) is 20.7 Å². The molecule has 1 aromatic heterocycles. The minimum absolute atomic E-state index is 0.140. The van der Waals surface area contributed by atoms with Gasteiger partial charge in [0, 0.05) is 18.5 Å². The lowest BCUT2D eigenvalue weighted by molar-refractivity contribution is 0.0949. The van der Waals surface area contributed by atoms with Crippen LogP contribution in [0, 0.1) is 0 Å². The van der Waals surface area contributed by atoms with E-state index < -0.39 is 0 Å². The summed E-state index contributed by atoms with van der Waals surface area (Å²) in [4.78, 5) is 11.8. The molecule has 1 heterocycles. The summed E-state index contributed by atoms with van der Waals surface area (Å²) >= 11 is 5.69. The average molecular weight is 265 g/mol. The summed E-state index contributed by atoms with van der Waals surface area (Å²) in [5.74, 6) is 1.01. The van der Waals surface area contributed by atoms with Gasteiger partial charge in [0.25, 0.3) is 5.91 Å². The van der Waals surface area contributed by atoms with Crippen LogP contribution in [-0.2, 0) is 19.5 Å². The van der Waals surface area contributed by atoms with Crippen molar-refractivity contribution in [3.8, 4) is 0 Å². The van der Waals surface area contributed by atoms with Crippen molar-refractivity contribution in [2.24, 2.45) is 7.05 Å². The number of halogens is 1. The summed E-state index contributed by atoms with van der Waals surface area (Å²) in [5.41, 5.74) is 1.59. The summed E-state index contributed by atoms with van der Waals surface area (Å²) in [6.07, 6.45) is 1.59. The highest BCUT2D eigenvalue weighted by Gasteiger charge is 2.07. The van der Waals surface area contributed by atoms with Crippen LogP contribution in [0.3, 0.4) is 0 Å². The molecule has 5 nitrogen and oxygen atoms in total. The number of nitrogens with zero attached hydrogens (tertiary/aromatic N) is 3. The van der Waals surface area contributed by atoms with Gasteiger partial charge in [-0.25, -0.2) is 0 Å². The van der Waals surface area contributed by atoms with Crippen LogP contribution in [0.1, 0.15) is 21.7 Å². The molecule has 0 atom stereocenters. The van der Waals surface area contributed by atoms with Crippen LogP contribution in [0.4, 0.5) is 0 Å². The Kier molecular flexibility index (Phi) is 3.94. The van der Waals surface area contributed by atoms with Gasteiger partial charge in [-0.15, -0.1) is 21.8 Å². The lowest BCUT2D eigenvalue weighted by Gasteiger charge is -2.05. The summed E-state index contributed by atoms with van der Waals surface area (Å²) in [6.45, 7) is 0.354. The number of amides is 1. The van der Waals surface area contributed by atoms with Crippen molar-refractivity contribution in [1.82, 2.24) is 20.1 Å². The van der Waals surface area contributed by atoms with Gasteiger partial charge in [0.2, 0.25) is 0 Å². The van der Waals surface area contributed by atoms with Gasteiger partial charge in [-0.2, -0.15) is 0 Å². The topological polar surface area (TPSA) is 59.8 Å². The van der Waals surface area contributed by atoms with Gasteiger partial charge < -0.3 is 9.88 Å². The maximum Gasteiger partial charge on any atom is 0.251 e. The molecule has 0 spiro atoms. The predicted octanol–water partition coefficient (Wildman–Crippen LogP) is 1.48. The van der Waals surface area contributed by atoms with E-state index in [1.54, 1.807) is 23.0 Å². The molecule has 0 bridgehead atoms. The third-order valence-electron chi connectivity index (χ3n) is 2.58. The second-order valence-electron chi connectivity index (χ2n) is 3.87. The normalized spacial score (nSPS) is 10.3. The van der Waals surface area contributed by atoms with E-state index in [1.165, 1.54) is 0 Å². The van der Waals surface area contributed by atoms with E-state index in [0.29, 0.717) is 23.8 Å². The third kappa shape index (κ3) is 2.87. The first-order valence-electron chi connectivity index (χ1n) is 5.46. The summed E-state index contributed by atoms with van der Waals surface area (Å²) in [7, 11) is 1.83.